The molecule has 0 unspecified atom stereocenters. The van der Waals surface area contributed by atoms with Gasteiger partial charge < -0.3 is 15.2 Å². The normalized spacial score (nSPS) is 17.2. The summed E-state index contributed by atoms with van der Waals surface area (Å²) < 4.78 is 26.0. The summed E-state index contributed by atoms with van der Waals surface area (Å²) in [5, 5.41) is 0.371. The summed E-state index contributed by atoms with van der Waals surface area (Å²) in [5.41, 5.74) is 6.12. The Bertz CT molecular complexity index is 654. The van der Waals surface area contributed by atoms with E-state index in [9.17, 15) is 4.39 Å². The maximum absolute atomic E-state index is 14.4. The fourth-order valence-electron chi connectivity index (χ4n) is 2.75. The minimum atomic E-state index is -0.747. The molecule has 0 radical (unpaired) electrons. The molecule has 3 rings (SSSR count). The summed E-state index contributed by atoms with van der Waals surface area (Å²) in [6.07, 6.45) is 1.16. The van der Waals surface area contributed by atoms with Crippen LogP contribution in [-0.4, -0.2) is 13.2 Å². The molecule has 0 atom stereocenters. The fraction of sp³-hybridized carbons (Fsp3) is 0.294. The molecule has 1 fully saturated rings. The molecule has 2 N–H and O–H groups in total. The van der Waals surface area contributed by atoms with Crippen molar-refractivity contribution in [2.45, 2.75) is 18.4 Å². The highest BCUT2D eigenvalue weighted by Crippen LogP contribution is 2.39. The van der Waals surface area contributed by atoms with Crippen LogP contribution in [0.3, 0.4) is 0 Å². The Morgan fingerprint density at radius 2 is 1.77 bits per heavy atom. The van der Waals surface area contributed by atoms with Gasteiger partial charge in [0.25, 0.3) is 0 Å². The molecule has 5 heteroatoms. The van der Waals surface area contributed by atoms with Gasteiger partial charge in [0.15, 0.2) is 0 Å². The van der Waals surface area contributed by atoms with Gasteiger partial charge in [0.2, 0.25) is 0 Å². The third kappa shape index (κ3) is 3.03. The lowest BCUT2D eigenvalue weighted by molar-refractivity contribution is -0.0519. The molecule has 2 aromatic carbocycles. The molecule has 2 aromatic rings. The van der Waals surface area contributed by atoms with E-state index < -0.39 is 5.60 Å². The molecular formula is C17H17ClFNO2. The van der Waals surface area contributed by atoms with Crippen LogP contribution in [0.1, 0.15) is 18.4 Å². The maximum Gasteiger partial charge on any atom is 0.141 e. The molecule has 1 aliphatic heterocycles. The summed E-state index contributed by atoms with van der Waals surface area (Å²) in [6.45, 7) is 1.05. The highest BCUT2D eigenvalue weighted by molar-refractivity contribution is 6.30. The van der Waals surface area contributed by atoms with Crippen molar-refractivity contribution in [1.29, 1.82) is 0 Å². The number of anilines is 1. The lowest BCUT2D eigenvalue weighted by Crippen LogP contribution is -2.40. The van der Waals surface area contributed by atoms with E-state index in [1.54, 1.807) is 36.4 Å². The third-order valence-corrected chi connectivity index (χ3v) is 4.15. The first kappa shape index (κ1) is 15.1. The molecule has 0 aliphatic carbocycles. The van der Waals surface area contributed by atoms with Crippen LogP contribution in [0.25, 0.3) is 0 Å². The molecular weight excluding hydrogens is 305 g/mol. The Balaban J connectivity index is 1.98. The van der Waals surface area contributed by atoms with Gasteiger partial charge in [-0.25, -0.2) is 4.39 Å². The Hall–Kier alpha value is -1.78. The van der Waals surface area contributed by atoms with Crippen molar-refractivity contribution in [2.24, 2.45) is 0 Å². The average molecular weight is 322 g/mol. The number of ether oxygens (including phenoxy) is 2. The molecule has 1 heterocycles. The first-order chi connectivity index (χ1) is 10.6. The molecule has 22 heavy (non-hydrogen) atoms. The second-order valence-corrected chi connectivity index (χ2v) is 5.84. The van der Waals surface area contributed by atoms with Gasteiger partial charge in [-0.15, -0.1) is 0 Å². The van der Waals surface area contributed by atoms with Crippen molar-refractivity contribution in [2.75, 3.05) is 18.9 Å². The summed E-state index contributed by atoms with van der Waals surface area (Å²) >= 11 is 5.86. The van der Waals surface area contributed by atoms with Crippen LogP contribution in [0.4, 0.5) is 10.1 Å². The first-order valence-corrected chi connectivity index (χ1v) is 7.55. The van der Waals surface area contributed by atoms with Crippen molar-refractivity contribution in [3.05, 3.63) is 58.9 Å². The lowest BCUT2D eigenvalue weighted by atomic mass is 9.85. The van der Waals surface area contributed by atoms with E-state index in [2.05, 4.69) is 0 Å². The zero-order valence-electron chi connectivity index (χ0n) is 12.0. The van der Waals surface area contributed by atoms with Gasteiger partial charge >= 0.3 is 0 Å². The number of hydrogen-bond acceptors (Lipinski definition) is 3. The Morgan fingerprint density at radius 1 is 1.09 bits per heavy atom. The van der Waals surface area contributed by atoms with Gasteiger partial charge in [0, 0.05) is 29.1 Å². The van der Waals surface area contributed by atoms with Gasteiger partial charge in [-0.05, 0) is 36.4 Å². The molecule has 3 nitrogen and oxygen atoms in total. The SMILES string of the molecule is Nc1ccc(OC2(c3ccc(Cl)cc3F)CCOCC2)cc1. The van der Waals surface area contributed by atoms with E-state index in [4.69, 9.17) is 26.8 Å². The number of nitrogens with two attached hydrogens (primary N) is 1. The minimum absolute atomic E-state index is 0.357. The molecule has 0 amide bonds. The monoisotopic (exact) mass is 321 g/mol. The number of halogens is 2. The number of rotatable bonds is 3. The van der Waals surface area contributed by atoms with Crippen LogP contribution in [0.15, 0.2) is 42.5 Å². The maximum atomic E-state index is 14.4. The zero-order valence-corrected chi connectivity index (χ0v) is 12.8. The molecule has 1 saturated heterocycles. The lowest BCUT2D eigenvalue weighted by Gasteiger charge is -2.38. The Morgan fingerprint density at radius 3 is 2.41 bits per heavy atom. The van der Waals surface area contributed by atoms with Crippen molar-refractivity contribution in [3.63, 3.8) is 0 Å². The minimum Gasteiger partial charge on any atom is -0.482 e. The molecule has 0 bridgehead atoms. The molecule has 1 aliphatic rings. The van der Waals surface area contributed by atoms with Gasteiger partial charge in [-0.1, -0.05) is 17.7 Å². The third-order valence-electron chi connectivity index (χ3n) is 3.92. The summed E-state index contributed by atoms with van der Waals surface area (Å²) in [6, 6.07) is 11.8. The van der Waals surface area contributed by atoms with Gasteiger partial charge in [-0.3, -0.25) is 0 Å². The van der Waals surface area contributed by atoms with Crippen LogP contribution in [-0.2, 0) is 10.3 Å². The fourth-order valence-corrected chi connectivity index (χ4v) is 2.91. The Labute approximate surface area is 133 Å². The van der Waals surface area contributed by atoms with E-state index in [1.807, 2.05) is 0 Å². The summed E-state index contributed by atoms with van der Waals surface area (Å²) in [5.74, 6) is 0.301. The van der Waals surface area contributed by atoms with Crippen LogP contribution in [0.2, 0.25) is 5.02 Å². The van der Waals surface area contributed by atoms with E-state index in [0.717, 1.165) is 0 Å². The van der Waals surface area contributed by atoms with Crippen LogP contribution < -0.4 is 10.5 Å². The van der Waals surface area contributed by atoms with E-state index in [-0.39, 0.29) is 5.82 Å². The summed E-state index contributed by atoms with van der Waals surface area (Å²) in [4.78, 5) is 0. The number of benzene rings is 2. The molecule has 0 spiro atoms. The second kappa shape index (κ2) is 6.15. The van der Waals surface area contributed by atoms with E-state index in [0.29, 0.717) is 48.1 Å². The molecule has 116 valence electrons. The average Bonchev–Trinajstić information content (AvgIpc) is 2.50. The van der Waals surface area contributed by atoms with Crippen LogP contribution in [0, 0.1) is 5.82 Å². The molecule has 0 aromatic heterocycles. The van der Waals surface area contributed by atoms with Crippen molar-refractivity contribution >= 4 is 17.3 Å². The predicted octanol–water partition coefficient (Wildman–Crippen LogP) is 4.15. The standard InChI is InChI=1S/C17H17ClFNO2/c18-12-1-6-15(16(19)11-12)17(7-9-21-10-8-17)22-14-4-2-13(20)3-5-14/h1-6,11H,7-10,20H2. The van der Waals surface area contributed by atoms with Crippen molar-refractivity contribution in [3.8, 4) is 5.75 Å². The van der Waals surface area contributed by atoms with Gasteiger partial charge in [-0.2, -0.15) is 0 Å². The topological polar surface area (TPSA) is 44.5 Å². The molecule has 0 saturated carbocycles. The van der Waals surface area contributed by atoms with Crippen molar-refractivity contribution < 1.29 is 13.9 Å². The van der Waals surface area contributed by atoms with Crippen molar-refractivity contribution in [1.82, 2.24) is 0 Å². The van der Waals surface area contributed by atoms with E-state index >= 15 is 0 Å². The van der Waals surface area contributed by atoms with Crippen LogP contribution >= 0.6 is 11.6 Å². The quantitative estimate of drug-likeness (QED) is 0.864. The first-order valence-electron chi connectivity index (χ1n) is 7.17. The van der Waals surface area contributed by atoms with Gasteiger partial charge in [0.1, 0.15) is 17.2 Å². The number of nitrogen functional groups attached to an aromatic ring is 1. The number of hydrogen-bond donors (Lipinski definition) is 1. The Kier molecular flexibility index (Phi) is 4.23. The second-order valence-electron chi connectivity index (χ2n) is 5.40. The van der Waals surface area contributed by atoms with Gasteiger partial charge in [0.05, 0.1) is 13.2 Å². The van der Waals surface area contributed by atoms with Crippen LogP contribution in [0.5, 0.6) is 5.75 Å². The van der Waals surface area contributed by atoms with E-state index in [1.165, 1.54) is 6.07 Å². The highest BCUT2D eigenvalue weighted by atomic mass is 35.5. The smallest absolute Gasteiger partial charge is 0.141 e. The largest absolute Gasteiger partial charge is 0.482 e. The highest BCUT2D eigenvalue weighted by Gasteiger charge is 2.39. The summed E-state index contributed by atoms with van der Waals surface area (Å²) in [7, 11) is 0. The predicted molar refractivity (Wildman–Crippen MR) is 84.6 cm³/mol. The zero-order chi connectivity index (χ0) is 15.6.